The summed E-state index contributed by atoms with van der Waals surface area (Å²) in [6, 6.07) is 19.5. The van der Waals surface area contributed by atoms with E-state index in [1.54, 1.807) is 49.4 Å². The van der Waals surface area contributed by atoms with Gasteiger partial charge in [-0.05, 0) is 47.9 Å². The Kier molecular flexibility index (Phi) is 7.21. The predicted octanol–water partition coefficient (Wildman–Crippen LogP) is 6.24. The lowest BCUT2D eigenvalue weighted by atomic mass is 9.80. The van der Waals surface area contributed by atoms with Crippen LogP contribution in [0.15, 0.2) is 96.0 Å². The zero-order valence-electron chi connectivity index (χ0n) is 20.1. The molecule has 1 atom stereocenters. The molecule has 0 saturated carbocycles. The molecule has 1 N–H and O–H groups in total. The molecule has 0 bridgehead atoms. The molecule has 0 fully saturated rings. The first-order valence-corrected chi connectivity index (χ1v) is 12.8. The summed E-state index contributed by atoms with van der Waals surface area (Å²) in [5.74, 6) is -5.36. The van der Waals surface area contributed by atoms with Gasteiger partial charge in [0, 0.05) is 31.2 Å². The molecule has 1 heterocycles. The normalized spacial score (nSPS) is 13.8. The highest BCUT2D eigenvalue weighted by Crippen LogP contribution is 2.37. The van der Waals surface area contributed by atoms with Crippen LogP contribution in [0.25, 0.3) is 0 Å². The lowest BCUT2D eigenvalue weighted by Gasteiger charge is -2.35. The number of alkyl halides is 2. The molecule has 0 aliphatic heterocycles. The first-order valence-electron chi connectivity index (χ1n) is 11.3. The summed E-state index contributed by atoms with van der Waals surface area (Å²) in [6.45, 7) is 2.54. The average Bonchev–Trinajstić information content (AvgIpc) is 2.83. The van der Waals surface area contributed by atoms with Crippen LogP contribution in [-0.4, -0.2) is 13.4 Å². The van der Waals surface area contributed by atoms with Gasteiger partial charge in [-0.1, -0.05) is 54.6 Å². The Morgan fingerprint density at radius 2 is 1.49 bits per heavy atom. The van der Waals surface area contributed by atoms with Gasteiger partial charge >= 0.3 is 0 Å². The van der Waals surface area contributed by atoms with Crippen LogP contribution in [0.5, 0.6) is 0 Å². The summed E-state index contributed by atoms with van der Waals surface area (Å²) in [4.78, 5) is 3.82. The highest BCUT2D eigenvalue weighted by atomic mass is 32.2. The first-order chi connectivity index (χ1) is 17.4. The van der Waals surface area contributed by atoms with E-state index >= 15 is 0 Å². The molecule has 9 heteroatoms. The number of rotatable bonds is 8. The molecule has 0 spiro atoms. The summed E-state index contributed by atoms with van der Waals surface area (Å²) < 4.78 is 86.5. The maximum atomic E-state index is 14.4. The third kappa shape index (κ3) is 5.89. The minimum atomic E-state index is -4.60. The zero-order chi connectivity index (χ0) is 26.8. The van der Waals surface area contributed by atoms with Gasteiger partial charge in [0.05, 0.1) is 10.6 Å². The van der Waals surface area contributed by atoms with E-state index in [9.17, 15) is 26.0 Å². The number of halogens is 4. The summed E-state index contributed by atoms with van der Waals surface area (Å²) in [6.07, 6.45) is 1.50. The van der Waals surface area contributed by atoms with Crippen LogP contribution >= 0.6 is 0 Å². The van der Waals surface area contributed by atoms with Crippen LogP contribution in [0.1, 0.15) is 34.9 Å². The highest BCUT2D eigenvalue weighted by Gasteiger charge is 2.41. The minimum Gasteiger partial charge on any atom is -0.259 e. The first kappa shape index (κ1) is 26.5. The SMILES string of the molecule is Cc1ccc(C(Cc2ccccc2)(NS(=O)(=O)c2cc(F)cc(F)c2)c2cccc(C(C)(F)F)c2)nc1. The summed E-state index contributed by atoms with van der Waals surface area (Å²) >= 11 is 0. The number of nitrogens with zero attached hydrogens (tertiary/aromatic N) is 1. The molecular formula is C28H24F4N2O2S. The summed E-state index contributed by atoms with van der Waals surface area (Å²) in [5, 5.41) is 0. The molecule has 1 aromatic heterocycles. The lowest BCUT2D eigenvalue weighted by molar-refractivity contribution is 0.0173. The van der Waals surface area contributed by atoms with Crippen molar-refractivity contribution in [3.63, 3.8) is 0 Å². The molecular weight excluding hydrogens is 504 g/mol. The Morgan fingerprint density at radius 3 is 2.08 bits per heavy atom. The Hall–Kier alpha value is -3.56. The van der Waals surface area contributed by atoms with Crippen LogP contribution in [-0.2, 0) is 27.9 Å². The van der Waals surface area contributed by atoms with E-state index in [-0.39, 0.29) is 23.2 Å². The van der Waals surface area contributed by atoms with Crippen molar-refractivity contribution in [1.82, 2.24) is 9.71 Å². The van der Waals surface area contributed by atoms with Gasteiger partial charge in [-0.25, -0.2) is 26.0 Å². The van der Waals surface area contributed by atoms with Gasteiger partial charge in [-0.15, -0.1) is 0 Å². The maximum absolute atomic E-state index is 14.4. The van der Waals surface area contributed by atoms with Gasteiger partial charge < -0.3 is 0 Å². The third-order valence-electron chi connectivity index (χ3n) is 5.98. The topological polar surface area (TPSA) is 59.1 Å². The van der Waals surface area contributed by atoms with Crippen molar-refractivity contribution in [3.8, 4) is 0 Å². The Bertz CT molecular complexity index is 1490. The number of hydrogen-bond donors (Lipinski definition) is 1. The van der Waals surface area contributed by atoms with Crippen LogP contribution < -0.4 is 4.72 Å². The molecule has 0 amide bonds. The van der Waals surface area contributed by atoms with Crippen molar-refractivity contribution in [2.45, 2.75) is 36.6 Å². The number of hydrogen-bond acceptors (Lipinski definition) is 3. The van der Waals surface area contributed by atoms with E-state index in [1.807, 2.05) is 0 Å². The molecule has 37 heavy (non-hydrogen) atoms. The molecule has 4 rings (SSSR count). The fraction of sp³-hybridized carbons (Fsp3) is 0.179. The number of pyridine rings is 1. The van der Waals surface area contributed by atoms with E-state index < -0.39 is 38.0 Å². The molecule has 4 aromatic rings. The molecule has 1 unspecified atom stereocenters. The maximum Gasteiger partial charge on any atom is 0.270 e. The second kappa shape index (κ2) is 10.1. The summed E-state index contributed by atoms with van der Waals surface area (Å²) in [7, 11) is -4.60. The standard InChI is InChI=1S/C28H24F4N2O2S/c1-19-11-12-26(33-18-19)28(17-20-7-4-3-5-8-20,22-10-6-9-21(13-22)27(2,31)32)34-37(35,36)25-15-23(29)14-24(30)16-25/h3-16,18,34H,17H2,1-2H3. The number of benzene rings is 3. The van der Waals surface area contributed by atoms with Crippen molar-refractivity contribution in [2.75, 3.05) is 0 Å². The molecule has 0 saturated heterocycles. The van der Waals surface area contributed by atoms with Gasteiger partial charge in [0.25, 0.3) is 5.92 Å². The van der Waals surface area contributed by atoms with E-state index in [1.165, 1.54) is 30.5 Å². The van der Waals surface area contributed by atoms with Gasteiger partial charge in [0.15, 0.2) is 0 Å². The van der Waals surface area contributed by atoms with Gasteiger partial charge in [-0.2, -0.15) is 4.72 Å². The van der Waals surface area contributed by atoms with Crippen molar-refractivity contribution in [1.29, 1.82) is 0 Å². The number of nitrogens with one attached hydrogen (secondary N) is 1. The fourth-order valence-electron chi connectivity index (χ4n) is 4.14. The molecule has 3 aromatic carbocycles. The minimum absolute atomic E-state index is 0.0281. The number of sulfonamides is 1. The molecule has 0 radical (unpaired) electrons. The van der Waals surface area contributed by atoms with Crippen LogP contribution in [0.2, 0.25) is 0 Å². The van der Waals surface area contributed by atoms with Crippen molar-refractivity contribution >= 4 is 10.0 Å². The van der Waals surface area contributed by atoms with Crippen molar-refractivity contribution < 1.29 is 26.0 Å². The van der Waals surface area contributed by atoms with Gasteiger partial charge in [0.2, 0.25) is 10.0 Å². The second-order valence-corrected chi connectivity index (χ2v) is 10.7. The second-order valence-electron chi connectivity index (χ2n) is 8.97. The third-order valence-corrected chi connectivity index (χ3v) is 7.45. The number of aromatic nitrogens is 1. The molecule has 4 nitrogen and oxygen atoms in total. The van der Waals surface area contributed by atoms with Crippen molar-refractivity contribution in [2.24, 2.45) is 0 Å². The monoisotopic (exact) mass is 528 g/mol. The van der Waals surface area contributed by atoms with Crippen LogP contribution in [0, 0.1) is 18.6 Å². The molecule has 192 valence electrons. The quantitative estimate of drug-likeness (QED) is 0.275. The van der Waals surface area contributed by atoms with E-state index in [0.717, 1.165) is 12.5 Å². The largest absolute Gasteiger partial charge is 0.270 e. The van der Waals surface area contributed by atoms with Crippen LogP contribution in [0.3, 0.4) is 0 Å². The Labute approximate surface area is 213 Å². The van der Waals surface area contributed by atoms with E-state index in [0.29, 0.717) is 23.8 Å². The van der Waals surface area contributed by atoms with Crippen LogP contribution in [0.4, 0.5) is 17.6 Å². The van der Waals surface area contributed by atoms with E-state index in [4.69, 9.17) is 0 Å². The van der Waals surface area contributed by atoms with Gasteiger partial charge in [-0.3, -0.25) is 4.98 Å². The predicted molar refractivity (Wildman–Crippen MR) is 133 cm³/mol. The van der Waals surface area contributed by atoms with Crippen molar-refractivity contribution in [3.05, 3.63) is 131 Å². The fourth-order valence-corrected chi connectivity index (χ4v) is 5.55. The highest BCUT2D eigenvalue weighted by molar-refractivity contribution is 7.89. The summed E-state index contributed by atoms with van der Waals surface area (Å²) in [5.41, 5.74) is -0.164. The smallest absolute Gasteiger partial charge is 0.259 e. The van der Waals surface area contributed by atoms with E-state index in [2.05, 4.69) is 9.71 Å². The molecule has 0 aliphatic carbocycles. The zero-order valence-corrected chi connectivity index (χ0v) is 20.9. The van der Waals surface area contributed by atoms with Gasteiger partial charge in [0.1, 0.15) is 17.2 Å². The average molecular weight is 529 g/mol. The Morgan fingerprint density at radius 1 is 0.838 bits per heavy atom. The Balaban J connectivity index is 2.01. The molecule has 0 aliphatic rings. The lowest BCUT2D eigenvalue weighted by Crippen LogP contribution is -2.49. The number of aryl methyl sites for hydroxylation is 1.